The Bertz CT molecular complexity index is 407. The zero-order valence-electron chi connectivity index (χ0n) is 10.8. The maximum atomic E-state index is 11.7. The predicted octanol–water partition coefficient (Wildman–Crippen LogP) is 0.260. The van der Waals surface area contributed by atoms with Gasteiger partial charge in [-0.1, -0.05) is 0 Å². The summed E-state index contributed by atoms with van der Waals surface area (Å²) in [6.45, 7) is 2.03. The van der Waals surface area contributed by atoms with Crippen molar-refractivity contribution in [1.82, 2.24) is 20.8 Å². The molecule has 4 N–H and O–H groups in total. The third-order valence-corrected chi connectivity index (χ3v) is 2.58. The van der Waals surface area contributed by atoms with Gasteiger partial charge in [0, 0.05) is 31.9 Å². The van der Waals surface area contributed by atoms with Gasteiger partial charge in [0.2, 0.25) is 0 Å². The number of aromatic amines is 1. The molecule has 1 heterocycles. The standard InChI is InChI=1S/C11H18N4O4/c1-7(8-5-12-13-6-8)14-11(18)15-9(10(16)17)3-4-19-2/h5-7,9H,3-4H2,1-2H3,(H,12,13)(H,16,17)(H2,14,15,18). The smallest absolute Gasteiger partial charge is 0.326 e. The summed E-state index contributed by atoms with van der Waals surface area (Å²) in [6, 6.07) is -1.79. The third-order valence-electron chi connectivity index (χ3n) is 2.58. The van der Waals surface area contributed by atoms with Gasteiger partial charge >= 0.3 is 12.0 Å². The number of nitrogens with zero attached hydrogens (tertiary/aromatic N) is 1. The minimum absolute atomic E-state index is 0.208. The molecule has 1 aromatic rings. The van der Waals surface area contributed by atoms with Crippen LogP contribution in [0.15, 0.2) is 12.4 Å². The quantitative estimate of drug-likeness (QED) is 0.567. The van der Waals surface area contributed by atoms with E-state index in [1.165, 1.54) is 7.11 Å². The van der Waals surface area contributed by atoms with Gasteiger partial charge in [0.05, 0.1) is 12.2 Å². The average Bonchev–Trinajstić information content (AvgIpc) is 2.87. The number of carboxylic acid groups (broad SMARTS) is 1. The Hall–Kier alpha value is -2.09. The van der Waals surface area contributed by atoms with E-state index < -0.39 is 18.0 Å². The third kappa shape index (κ3) is 4.96. The number of ether oxygens (including phenoxy) is 1. The van der Waals surface area contributed by atoms with E-state index in [1.807, 2.05) is 0 Å². The monoisotopic (exact) mass is 270 g/mol. The first-order valence-electron chi connectivity index (χ1n) is 5.82. The summed E-state index contributed by atoms with van der Waals surface area (Å²) in [4.78, 5) is 22.6. The Labute approximate surface area is 110 Å². The molecule has 0 spiro atoms. The molecular weight excluding hydrogens is 252 g/mol. The van der Waals surface area contributed by atoms with Gasteiger partial charge in [-0.15, -0.1) is 0 Å². The summed E-state index contributed by atoms with van der Waals surface area (Å²) in [5.74, 6) is -1.09. The largest absolute Gasteiger partial charge is 0.480 e. The van der Waals surface area contributed by atoms with Crippen molar-refractivity contribution >= 4 is 12.0 Å². The highest BCUT2D eigenvalue weighted by atomic mass is 16.5. The van der Waals surface area contributed by atoms with Crippen LogP contribution in [0.25, 0.3) is 0 Å². The molecule has 0 aromatic carbocycles. The van der Waals surface area contributed by atoms with Crippen molar-refractivity contribution in [3.63, 3.8) is 0 Å². The number of amides is 2. The zero-order valence-corrected chi connectivity index (χ0v) is 10.8. The van der Waals surface area contributed by atoms with Crippen molar-refractivity contribution in [2.24, 2.45) is 0 Å². The fourth-order valence-electron chi connectivity index (χ4n) is 1.47. The van der Waals surface area contributed by atoms with E-state index in [2.05, 4.69) is 20.8 Å². The van der Waals surface area contributed by atoms with Gasteiger partial charge in [-0.25, -0.2) is 9.59 Å². The summed E-state index contributed by atoms with van der Waals surface area (Å²) >= 11 is 0. The Morgan fingerprint density at radius 3 is 2.79 bits per heavy atom. The molecule has 2 unspecified atom stereocenters. The predicted molar refractivity (Wildman–Crippen MR) is 66.6 cm³/mol. The number of hydrogen-bond donors (Lipinski definition) is 4. The van der Waals surface area contributed by atoms with Crippen LogP contribution in [0.4, 0.5) is 4.79 Å². The number of H-pyrrole nitrogens is 1. The van der Waals surface area contributed by atoms with Crippen LogP contribution >= 0.6 is 0 Å². The van der Waals surface area contributed by atoms with Gasteiger partial charge in [-0.3, -0.25) is 5.10 Å². The van der Waals surface area contributed by atoms with Crippen molar-refractivity contribution in [3.8, 4) is 0 Å². The van der Waals surface area contributed by atoms with Crippen molar-refractivity contribution in [2.45, 2.75) is 25.4 Å². The van der Waals surface area contributed by atoms with Crippen LogP contribution in [0.1, 0.15) is 24.9 Å². The van der Waals surface area contributed by atoms with Crippen molar-refractivity contribution in [3.05, 3.63) is 18.0 Å². The molecule has 8 heteroatoms. The number of hydrogen-bond acceptors (Lipinski definition) is 4. The normalized spacial score (nSPS) is 13.6. The second-order valence-electron chi connectivity index (χ2n) is 4.04. The number of methoxy groups -OCH3 is 1. The van der Waals surface area contributed by atoms with Crippen LogP contribution < -0.4 is 10.6 Å². The van der Waals surface area contributed by atoms with Gasteiger partial charge in [-0.2, -0.15) is 5.10 Å². The first-order valence-corrected chi connectivity index (χ1v) is 5.82. The Morgan fingerprint density at radius 1 is 1.53 bits per heavy atom. The number of carbonyl (C=O) groups is 2. The van der Waals surface area contributed by atoms with Gasteiger partial charge in [0.1, 0.15) is 6.04 Å². The van der Waals surface area contributed by atoms with Crippen molar-refractivity contribution in [1.29, 1.82) is 0 Å². The maximum Gasteiger partial charge on any atom is 0.326 e. The lowest BCUT2D eigenvalue weighted by Crippen LogP contribution is -2.47. The number of nitrogens with one attached hydrogen (secondary N) is 3. The summed E-state index contributed by atoms with van der Waals surface area (Å²) in [5.41, 5.74) is 0.805. The van der Waals surface area contributed by atoms with E-state index in [-0.39, 0.29) is 19.1 Å². The highest BCUT2D eigenvalue weighted by molar-refractivity contribution is 5.82. The van der Waals surface area contributed by atoms with Gasteiger partial charge in [-0.05, 0) is 6.92 Å². The number of carboxylic acids is 1. The maximum absolute atomic E-state index is 11.7. The second-order valence-corrected chi connectivity index (χ2v) is 4.04. The molecule has 2 atom stereocenters. The molecule has 0 saturated carbocycles. The second kappa shape index (κ2) is 7.37. The molecule has 1 rings (SSSR count). The van der Waals surface area contributed by atoms with Crippen LogP contribution in [0.5, 0.6) is 0 Å². The summed E-state index contributed by atoms with van der Waals surface area (Å²) in [7, 11) is 1.47. The molecule has 0 saturated heterocycles. The van der Waals surface area contributed by atoms with Crippen molar-refractivity contribution < 1.29 is 19.4 Å². The lowest BCUT2D eigenvalue weighted by molar-refractivity contribution is -0.139. The van der Waals surface area contributed by atoms with Crippen LogP contribution in [0.3, 0.4) is 0 Å². The van der Waals surface area contributed by atoms with E-state index in [1.54, 1.807) is 19.3 Å². The molecule has 19 heavy (non-hydrogen) atoms. The fraction of sp³-hybridized carbons (Fsp3) is 0.545. The molecule has 0 aliphatic carbocycles. The van der Waals surface area contributed by atoms with E-state index >= 15 is 0 Å². The minimum Gasteiger partial charge on any atom is -0.480 e. The van der Waals surface area contributed by atoms with Crippen molar-refractivity contribution in [2.75, 3.05) is 13.7 Å². The lowest BCUT2D eigenvalue weighted by atomic mass is 10.2. The summed E-state index contributed by atoms with van der Waals surface area (Å²) in [5, 5.41) is 20.4. The zero-order chi connectivity index (χ0) is 14.3. The molecule has 0 aliphatic heterocycles. The van der Waals surface area contributed by atoms with E-state index in [4.69, 9.17) is 9.84 Å². The van der Waals surface area contributed by atoms with E-state index in [0.29, 0.717) is 0 Å². The van der Waals surface area contributed by atoms with Crippen LogP contribution in [-0.2, 0) is 9.53 Å². The average molecular weight is 270 g/mol. The Kier molecular flexibility index (Phi) is 5.80. The Morgan fingerprint density at radius 2 is 2.26 bits per heavy atom. The summed E-state index contributed by atoms with van der Waals surface area (Å²) in [6.07, 6.45) is 3.45. The summed E-state index contributed by atoms with van der Waals surface area (Å²) < 4.78 is 4.80. The number of aromatic nitrogens is 2. The van der Waals surface area contributed by atoms with Crippen LogP contribution in [0.2, 0.25) is 0 Å². The minimum atomic E-state index is -1.09. The van der Waals surface area contributed by atoms with Crippen LogP contribution in [0, 0.1) is 0 Å². The SMILES string of the molecule is COCCC(NC(=O)NC(C)c1cn[nH]c1)C(=O)O. The van der Waals surface area contributed by atoms with Gasteiger partial charge in [0.25, 0.3) is 0 Å². The number of aliphatic carboxylic acids is 1. The highest BCUT2D eigenvalue weighted by Gasteiger charge is 2.20. The first-order chi connectivity index (χ1) is 9.04. The van der Waals surface area contributed by atoms with Gasteiger partial charge in [0.15, 0.2) is 0 Å². The molecule has 2 amide bonds. The van der Waals surface area contributed by atoms with Crippen LogP contribution in [-0.4, -0.2) is 47.1 Å². The lowest BCUT2D eigenvalue weighted by Gasteiger charge is -2.17. The number of carbonyl (C=O) groups excluding carboxylic acids is 1. The van der Waals surface area contributed by atoms with Gasteiger partial charge < -0.3 is 20.5 Å². The van der Waals surface area contributed by atoms with E-state index in [0.717, 1.165) is 5.56 Å². The molecule has 8 nitrogen and oxygen atoms in total. The van der Waals surface area contributed by atoms with E-state index in [9.17, 15) is 9.59 Å². The first kappa shape index (κ1) is 15.0. The molecule has 1 aromatic heterocycles. The molecule has 0 bridgehead atoms. The molecule has 0 aliphatic rings. The number of urea groups is 1. The highest BCUT2D eigenvalue weighted by Crippen LogP contribution is 2.08. The molecular formula is C11H18N4O4. The molecule has 0 radical (unpaired) electrons. The molecule has 0 fully saturated rings. The number of rotatable bonds is 7. The topological polar surface area (TPSA) is 116 Å². The molecule has 106 valence electrons. The fourth-order valence-corrected chi connectivity index (χ4v) is 1.47. The Balaban J connectivity index is 2.46.